The standard InChI is InChI=1S/C22H16N6O2/c29-21(17-13-27-10-3-1-8-19(27)25-17)23-15-6-5-7-16(12-15)24-22(30)18-14-28-11-4-2-9-20(28)26-18/h1-14H,(H,23,29)(H,24,30). The molecule has 0 aliphatic carbocycles. The Morgan fingerprint density at radius 2 is 1.17 bits per heavy atom. The molecule has 1 aromatic carbocycles. The van der Waals surface area contributed by atoms with Crippen LogP contribution >= 0.6 is 0 Å². The van der Waals surface area contributed by atoms with Gasteiger partial charge in [-0.05, 0) is 42.5 Å². The van der Waals surface area contributed by atoms with Gasteiger partial charge in [-0.25, -0.2) is 9.97 Å². The molecule has 146 valence electrons. The van der Waals surface area contributed by atoms with E-state index in [4.69, 9.17) is 0 Å². The molecule has 5 aromatic rings. The van der Waals surface area contributed by atoms with E-state index in [9.17, 15) is 9.59 Å². The van der Waals surface area contributed by atoms with Gasteiger partial charge in [0.25, 0.3) is 11.8 Å². The van der Waals surface area contributed by atoms with Crippen LogP contribution in [-0.2, 0) is 0 Å². The van der Waals surface area contributed by atoms with Crippen molar-refractivity contribution in [2.75, 3.05) is 10.6 Å². The van der Waals surface area contributed by atoms with Crippen LogP contribution in [0.4, 0.5) is 11.4 Å². The van der Waals surface area contributed by atoms with Crippen molar-refractivity contribution < 1.29 is 9.59 Å². The van der Waals surface area contributed by atoms with Gasteiger partial charge in [-0.3, -0.25) is 9.59 Å². The Balaban J connectivity index is 1.32. The van der Waals surface area contributed by atoms with Crippen molar-refractivity contribution in [2.24, 2.45) is 0 Å². The first kappa shape index (κ1) is 17.6. The van der Waals surface area contributed by atoms with Gasteiger partial charge in [0.2, 0.25) is 0 Å². The molecule has 4 heterocycles. The van der Waals surface area contributed by atoms with Crippen molar-refractivity contribution in [1.82, 2.24) is 18.8 Å². The first-order valence-electron chi connectivity index (χ1n) is 9.26. The number of aromatic nitrogens is 4. The van der Waals surface area contributed by atoms with Gasteiger partial charge in [0, 0.05) is 36.2 Å². The third-order valence-electron chi connectivity index (χ3n) is 4.57. The lowest BCUT2D eigenvalue weighted by molar-refractivity contribution is 0.101. The summed E-state index contributed by atoms with van der Waals surface area (Å²) in [5.41, 5.74) is 3.09. The number of amides is 2. The van der Waals surface area contributed by atoms with Gasteiger partial charge in [0.1, 0.15) is 22.7 Å². The maximum Gasteiger partial charge on any atom is 0.275 e. The molecule has 0 fully saturated rings. The van der Waals surface area contributed by atoms with E-state index in [0.717, 1.165) is 0 Å². The molecule has 0 bridgehead atoms. The normalized spacial score (nSPS) is 10.9. The average Bonchev–Trinajstić information content (AvgIpc) is 3.38. The average molecular weight is 396 g/mol. The first-order valence-corrected chi connectivity index (χ1v) is 9.26. The minimum atomic E-state index is -0.331. The number of fused-ring (bicyclic) bond motifs is 2. The van der Waals surface area contributed by atoms with Crippen LogP contribution in [0.1, 0.15) is 21.0 Å². The molecule has 0 unspecified atom stereocenters. The number of nitrogens with zero attached hydrogens (tertiary/aromatic N) is 4. The zero-order valence-electron chi connectivity index (χ0n) is 15.7. The lowest BCUT2D eigenvalue weighted by Gasteiger charge is -2.07. The molecule has 30 heavy (non-hydrogen) atoms. The fourth-order valence-electron chi connectivity index (χ4n) is 3.15. The van der Waals surface area contributed by atoms with Gasteiger partial charge in [-0.2, -0.15) is 0 Å². The monoisotopic (exact) mass is 396 g/mol. The lowest BCUT2D eigenvalue weighted by Crippen LogP contribution is -2.14. The van der Waals surface area contributed by atoms with Gasteiger partial charge < -0.3 is 19.4 Å². The maximum absolute atomic E-state index is 12.6. The van der Waals surface area contributed by atoms with E-state index < -0.39 is 0 Å². The van der Waals surface area contributed by atoms with E-state index >= 15 is 0 Å². The lowest BCUT2D eigenvalue weighted by atomic mass is 10.2. The molecule has 0 saturated heterocycles. The minimum Gasteiger partial charge on any atom is -0.321 e. The second kappa shape index (κ2) is 7.17. The highest BCUT2D eigenvalue weighted by atomic mass is 16.2. The third kappa shape index (κ3) is 3.37. The van der Waals surface area contributed by atoms with Crippen molar-refractivity contribution in [3.63, 3.8) is 0 Å². The van der Waals surface area contributed by atoms with Crippen LogP contribution in [0.15, 0.2) is 85.5 Å². The van der Waals surface area contributed by atoms with E-state index in [2.05, 4.69) is 20.6 Å². The summed E-state index contributed by atoms with van der Waals surface area (Å²) in [7, 11) is 0. The number of rotatable bonds is 4. The highest BCUT2D eigenvalue weighted by Crippen LogP contribution is 2.17. The Labute approximate surface area is 170 Å². The molecule has 8 nitrogen and oxygen atoms in total. The Kier molecular flexibility index (Phi) is 4.21. The van der Waals surface area contributed by atoms with Crippen molar-refractivity contribution in [1.29, 1.82) is 0 Å². The van der Waals surface area contributed by atoms with Crippen molar-refractivity contribution in [3.8, 4) is 0 Å². The molecule has 5 rings (SSSR count). The molecule has 8 heteroatoms. The fraction of sp³-hybridized carbons (Fsp3) is 0. The summed E-state index contributed by atoms with van der Waals surface area (Å²) in [6, 6.07) is 18.0. The molecule has 2 amide bonds. The van der Waals surface area contributed by atoms with Crippen molar-refractivity contribution in [2.45, 2.75) is 0 Å². The fourth-order valence-corrected chi connectivity index (χ4v) is 3.15. The van der Waals surface area contributed by atoms with Crippen LogP contribution in [0.5, 0.6) is 0 Å². The predicted molar refractivity (Wildman–Crippen MR) is 113 cm³/mol. The van der Waals surface area contributed by atoms with Gasteiger partial charge in [0.05, 0.1) is 0 Å². The van der Waals surface area contributed by atoms with Crippen LogP contribution in [0.2, 0.25) is 0 Å². The van der Waals surface area contributed by atoms with Crippen LogP contribution in [-0.4, -0.2) is 30.6 Å². The highest BCUT2D eigenvalue weighted by Gasteiger charge is 2.13. The van der Waals surface area contributed by atoms with Gasteiger partial charge in [0.15, 0.2) is 0 Å². The minimum absolute atomic E-state index is 0.306. The molecule has 0 saturated carbocycles. The first-order chi connectivity index (χ1) is 14.7. The molecular weight excluding hydrogens is 380 g/mol. The number of anilines is 2. The zero-order chi connectivity index (χ0) is 20.5. The second-order valence-corrected chi connectivity index (χ2v) is 6.67. The quantitative estimate of drug-likeness (QED) is 0.486. The van der Waals surface area contributed by atoms with Crippen LogP contribution in [0.25, 0.3) is 11.3 Å². The summed E-state index contributed by atoms with van der Waals surface area (Å²) in [6.07, 6.45) is 6.99. The summed E-state index contributed by atoms with van der Waals surface area (Å²) in [5.74, 6) is -0.662. The molecule has 0 aliphatic heterocycles. The number of hydrogen-bond acceptors (Lipinski definition) is 4. The number of nitrogens with one attached hydrogen (secondary N) is 2. The third-order valence-corrected chi connectivity index (χ3v) is 4.57. The van der Waals surface area contributed by atoms with E-state index in [1.165, 1.54) is 0 Å². The summed E-state index contributed by atoms with van der Waals surface area (Å²) < 4.78 is 3.56. The molecular formula is C22H16N6O2. The molecule has 0 aliphatic rings. The Hall–Kier alpha value is -4.46. The number of hydrogen-bond donors (Lipinski definition) is 2. The molecule has 0 spiro atoms. The molecule has 0 radical (unpaired) electrons. The van der Waals surface area contributed by atoms with Gasteiger partial charge in [-0.1, -0.05) is 18.2 Å². The Morgan fingerprint density at radius 1 is 0.667 bits per heavy atom. The van der Waals surface area contributed by atoms with Crippen LogP contribution in [0.3, 0.4) is 0 Å². The highest BCUT2D eigenvalue weighted by molar-refractivity contribution is 6.05. The summed E-state index contributed by atoms with van der Waals surface area (Å²) in [5, 5.41) is 5.62. The van der Waals surface area contributed by atoms with Gasteiger partial charge in [-0.15, -0.1) is 0 Å². The maximum atomic E-state index is 12.6. The second-order valence-electron chi connectivity index (χ2n) is 6.67. The van der Waals surface area contributed by atoms with Crippen molar-refractivity contribution in [3.05, 3.63) is 96.8 Å². The number of imidazole rings is 2. The SMILES string of the molecule is O=C(Nc1cccc(NC(=O)c2cn3ccccc3n2)c1)c1cn2ccccc2n1. The Morgan fingerprint density at radius 3 is 1.63 bits per heavy atom. The van der Waals surface area contributed by atoms with Crippen molar-refractivity contribution >= 4 is 34.5 Å². The number of carbonyl (C=O) groups is 2. The Bertz CT molecular complexity index is 1230. The van der Waals surface area contributed by atoms with Crippen LogP contribution < -0.4 is 10.6 Å². The van der Waals surface area contributed by atoms with E-state index in [0.29, 0.717) is 34.1 Å². The summed E-state index contributed by atoms with van der Waals surface area (Å²) in [4.78, 5) is 33.7. The number of benzene rings is 1. The topological polar surface area (TPSA) is 92.8 Å². The van der Waals surface area contributed by atoms with E-state index in [-0.39, 0.29) is 11.8 Å². The molecule has 2 N–H and O–H groups in total. The predicted octanol–water partition coefficient (Wildman–Crippen LogP) is 3.49. The van der Waals surface area contributed by atoms with E-state index in [1.807, 2.05) is 48.8 Å². The molecule has 0 atom stereocenters. The molecule has 4 aromatic heterocycles. The summed E-state index contributed by atoms with van der Waals surface area (Å²) >= 11 is 0. The summed E-state index contributed by atoms with van der Waals surface area (Å²) in [6.45, 7) is 0. The van der Waals surface area contributed by atoms with Crippen LogP contribution in [0, 0.1) is 0 Å². The largest absolute Gasteiger partial charge is 0.321 e. The smallest absolute Gasteiger partial charge is 0.275 e. The van der Waals surface area contributed by atoms with E-state index in [1.54, 1.807) is 45.5 Å². The van der Waals surface area contributed by atoms with Gasteiger partial charge >= 0.3 is 0 Å². The zero-order valence-corrected chi connectivity index (χ0v) is 15.7. The number of carbonyl (C=O) groups excluding carboxylic acids is 2. The number of pyridine rings is 2.